The van der Waals surface area contributed by atoms with Gasteiger partial charge in [0.2, 0.25) is 0 Å². The second kappa shape index (κ2) is 9.13. The Labute approximate surface area is 218 Å². The quantitative estimate of drug-likeness (QED) is 0.239. The normalized spacial score (nSPS) is 16.1. The number of anilines is 2. The third kappa shape index (κ3) is 4.28. The third-order valence-electron chi connectivity index (χ3n) is 6.44. The van der Waals surface area contributed by atoms with Crippen molar-refractivity contribution in [1.82, 2.24) is 15.3 Å². The van der Waals surface area contributed by atoms with Crippen molar-refractivity contribution >= 4 is 40.4 Å². The van der Waals surface area contributed by atoms with E-state index >= 15 is 0 Å². The highest BCUT2D eigenvalue weighted by Crippen LogP contribution is 2.39. The third-order valence-corrected chi connectivity index (χ3v) is 7.05. The SMILES string of the molecule is COc1cc(N)c(C(=N)c2cnc(N3CC4(CN4)C3)c(C#N)c2)cc1O[C@H](C)c1c(Cl)cncc1Cl. The second-order valence-corrected chi connectivity index (χ2v) is 9.75. The van der Waals surface area contributed by atoms with Crippen LogP contribution in [0.2, 0.25) is 10.0 Å². The zero-order chi connectivity index (χ0) is 25.6. The van der Waals surface area contributed by atoms with Gasteiger partial charge in [-0.3, -0.25) is 10.4 Å². The van der Waals surface area contributed by atoms with Crippen LogP contribution in [-0.2, 0) is 0 Å². The number of methoxy groups -OCH3 is 1. The molecule has 1 aromatic carbocycles. The van der Waals surface area contributed by atoms with Gasteiger partial charge in [-0.05, 0) is 19.1 Å². The van der Waals surface area contributed by atoms with Crippen molar-refractivity contribution in [2.24, 2.45) is 0 Å². The number of ether oxygens (including phenoxy) is 2. The van der Waals surface area contributed by atoms with E-state index in [2.05, 4.69) is 26.3 Å². The van der Waals surface area contributed by atoms with E-state index in [1.165, 1.54) is 19.5 Å². The summed E-state index contributed by atoms with van der Waals surface area (Å²) in [6.07, 6.45) is 4.04. The molecule has 0 bridgehead atoms. The fourth-order valence-electron chi connectivity index (χ4n) is 4.37. The molecule has 2 aromatic heterocycles. The molecule has 11 heteroatoms. The average molecular weight is 524 g/mol. The molecule has 2 saturated heterocycles. The zero-order valence-corrected chi connectivity index (χ0v) is 21.1. The van der Waals surface area contributed by atoms with Crippen LogP contribution in [0.25, 0.3) is 0 Å². The van der Waals surface area contributed by atoms with E-state index in [1.54, 1.807) is 31.3 Å². The predicted octanol–water partition coefficient (Wildman–Crippen LogP) is 3.96. The number of halogens is 2. The van der Waals surface area contributed by atoms with Crippen molar-refractivity contribution < 1.29 is 9.47 Å². The minimum Gasteiger partial charge on any atom is -0.493 e. The molecule has 0 aliphatic carbocycles. The minimum atomic E-state index is -0.542. The molecule has 1 atom stereocenters. The van der Waals surface area contributed by atoms with Gasteiger partial charge in [-0.25, -0.2) is 4.98 Å². The Morgan fingerprint density at radius 2 is 1.92 bits per heavy atom. The maximum Gasteiger partial charge on any atom is 0.162 e. The fraction of sp³-hybridized carbons (Fsp3) is 0.280. The highest BCUT2D eigenvalue weighted by atomic mass is 35.5. The Balaban J connectivity index is 1.44. The average Bonchev–Trinajstić information content (AvgIpc) is 3.64. The summed E-state index contributed by atoms with van der Waals surface area (Å²) in [5, 5.41) is 22.7. The Hall–Kier alpha value is -3.58. The number of benzene rings is 1. The van der Waals surface area contributed by atoms with Gasteiger partial charge in [0.25, 0.3) is 0 Å². The van der Waals surface area contributed by atoms with Crippen LogP contribution in [0.3, 0.4) is 0 Å². The molecule has 4 N–H and O–H groups in total. The van der Waals surface area contributed by atoms with Gasteiger partial charge >= 0.3 is 0 Å². The number of nitrogen functional groups attached to an aromatic ring is 1. The predicted molar refractivity (Wildman–Crippen MR) is 139 cm³/mol. The van der Waals surface area contributed by atoms with Crippen molar-refractivity contribution in [3.05, 3.63) is 69.1 Å². The summed E-state index contributed by atoms with van der Waals surface area (Å²) in [6.45, 7) is 4.43. The van der Waals surface area contributed by atoms with E-state index in [-0.39, 0.29) is 11.3 Å². The molecular formula is C25H23Cl2N7O2. The standard InChI is InChI=1S/C25H23Cl2N7O2/c1-13(22-17(26)8-31-9-18(22)27)36-21-4-16(19(29)5-20(21)35-2)23(30)15-3-14(6-28)24(32-7-15)34-11-25(12-34)10-33-25/h3-5,7-9,13,30,33H,10-12,29H2,1-2H3/t13-/m1/s1. The summed E-state index contributed by atoms with van der Waals surface area (Å²) in [5.74, 6) is 1.37. The second-order valence-electron chi connectivity index (χ2n) is 8.94. The number of hydrogen-bond acceptors (Lipinski definition) is 9. The lowest BCUT2D eigenvalue weighted by Crippen LogP contribution is -2.56. The summed E-state index contributed by atoms with van der Waals surface area (Å²) >= 11 is 12.6. The van der Waals surface area contributed by atoms with Gasteiger partial charge in [-0.15, -0.1) is 0 Å². The highest BCUT2D eigenvalue weighted by Gasteiger charge is 2.53. The van der Waals surface area contributed by atoms with Crippen molar-refractivity contribution in [1.29, 1.82) is 10.7 Å². The first-order chi connectivity index (χ1) is 17.2. The molecular weight excluding hydrogens is 501 g/mol. The Kier molecular flexibility index (Phi) is 6.12. The van der Waals surface area contributed by atoms with Crippen LogP contribution in [0.5, 0.6) is 11.5 Å². The number of aromatic nitrogens is 2. The molecule has 2 aliphatic heterocycles. The molecule has 0 saturated carbocycles. The summed E-state index contributed by atoms with van der Waals surface area (Å²) in [5.41, 5.74) is 8.76. The van der Waals surface area contributed by atoms with Gasteiger partial charge in [0.05, 0.1) is 34.0 Å². The Bertz CT molecular complexity index is 1390. The number of pyridine rings is 2. The first-order valence-corrected chi connectivity index (χ1v) is 11.9. The van der Waals surface area contributed by atoms with Crippen LogP contribution in [0, 0.1) is 16.7 Å². The minimum absolute atomic E-state index is 0.104. The van der Waals surface area contributed by atoms with Crippen LogP contribution in [0.1, 0.15) is 35.3 Å². The Morgan fingerprint density at radius 1 is 1.22 bits per heavy atom. The molecule has 0 amide bonds. The summed E-state index contributed by atoms with van der Waals surface area (Å²) in [6, 6.07) is 7.10. The summed E-state index contributed by atoms with van der Waals surface area (Å²) in [4.78, 5) is 10.6. The number of nitrogens with one attached hydrogen (secondary N) is 2. The van der Waals surface area contributed by atoms with Crippen molar-refractivity contribution in [3.63, 3.8) is 0 Å². The lowest BCUT2D eigenvalue weighted by molar-refractivity contribution is 0.216. The monoisotopic (exact) mass is 523 g/mol. The molecule has 0 radical (unpaired) electrons. The lowest BCUT2D eigenvalue weighted by Gasteiger charge is -2.40. The zero-order valence-electron chi connectivity index (χ0n) is 19.6. The number of nitriles is 1. The number of rotatable bonds is 7. The van der Waals surface area contributed by atoms with Crippen molar-refractivity contribution in [2.75, 3.05) is 37.4 Å². The fourth-order valence-corrected chi connectivity index (χ4v) is 5.04. The molecule has 2 fully saturated rings. The van der Waals surface area contributed by atoms with Crippen LogP contribution in [-0.4, -0.2) is 48.0 Å². The molecule has 2 aliphatic rings. The van der Waals surface area contributed by atoms with Crippen LogP contribution in [0.4, 0.5) is 11.5 Å². The van der Waals surface area contributed by atoms with E-state index in [0.29, 0.717) is 55.3 Å². The van der Waals surface area contributed by atoms with Crippen LogP contribution >= 0.6 is 23.2 Å². The number of hydrogen-bond donors (Lipinski definition) is 3. The molecule has 1 spiro atoms. The molecule has 0 unspecified atom stereocenters. The van der Waals surface area contributed by atoms with Crippen molar-refractivity contribution in [3.8, 4) is 17.6 Å². The molecule has 9 nitrogen and oxygen atoms in total. The number of nitrogens with two attached hydrogens (primary N) is 1. The van der Waals surface area contributed by atoms with Gasteiger partial charge < -0.3 is 25.4 Å². The van der Waals surface area contributed by atoms with Crippen LogP contribution in [0.15, 0.2) is 36.8 Å². The van der Waals surface area contributed by atoms with Gasteiger partial charge in [-0.1, -0.05) is 23.2 Å². The Morgan fingerprint density at radius 3 is 2.53 bits per heavy atom. The summed E-state index contributed by atoms with van der Waals surface area (Å²) in [7, 11) is 1.50. The summed E-state index contributed by atoms with van der Waals surface area (Å²) < 4.78 is 11.6. The molecule has 5 rings (SSSR count). The topological polar surface area (TPSA) is 143 Å². The van der Waals surface area contributed by atoms with Gasteiger partial charge in [-0.2, -0.15) is 5.26 Å². The molecule has 36 heavy (non-hydrogen) atoms. The van der Waals surface area contributed by atoms with E-state index in [0.717, 1.165) is 19.6 Å². The maximum atomic E-state index is 9.74. The first-order valence-electron chi connectivity index (χ1n) is 11.2. The first kappa shape index (κ1) is 24.1. The highest BCUT2D eigenvalue weighted by molar-refractivity contribution is 6.35. The van der Waals surface area contributed by atoms with Gasteiger partial charge in [0.15, 0.2) is 11.5 Å². The smallest absolute Gasteiger partial charge is 0.162 e. The number of nitrogens with zero attached hydrogens (tertiary/aromatic N) is 4. The van der Waals surface area contributed by atoms with Crippen LogP contribution < -0.4 is 25.4 Å². The molecule has 4 heterocycles. The molecule has 3 aromatic rings. The largest absolute Gasteiger partial charge is 0.493 e. The van der Waals surface area contributed by atoms with E-state index in [9.17, 15) is 5.26 Å². The maximum absolute atomic E-state index is 9.74. The molecule has 184 valence electrons. The van der Waals surface area contributed by atoms with E-state index < -0.39 is 6.10 Å². The van der Waals surface area contributed by atoms with E-state index in [4.69, 9.17) is 43.8 Å². The van der Waals surface area contributed by atoms with Gasteiger partial charge in [0, 0.05) is 66.7 Å². The lowest BCUT2D eigenvalue weighted by atomic mass is 9.98. The van der Waals surface area contributed by atoms with Crippen molar-refractivity contribution in [2.45, 2.75) is 18.6 Å². The van der Waals surface area contributed by atoms with Gasteiger partial charge in [0.1, 0.15) is 18.0 Å². The van der Waals surface area contributed by atoms with E-state index in [1.807, 2.05) is 0 Å².